The first kappa shape index (κ1) is 16.5. The van der Waals surface area contributed by atoms with Gasteiger partial charge in [-0.3, -0.25) is 9.59 Å². The van der Waals surface area contributed by atoms with Crippen molar-refractivity contribution < 1.29 is 19.1 Å². The number of ether oxygens (including phenoxy) is 1. The summed E-state index contributed by atoms with van der Waals surface area (Å²) in [5.74, 6) is -2.03. The van der Waals surface area contributed by atoms with E-state index in [-0.39, 0.29) is 27.4 Å². The summed E-state index contributed by atoms with van der Waals surface area (Å²) in [6.45, 7) is 4.97. The second-order valence-electron chi connectivity index (χ2n) is 4.26. The third-order valence-electron chi connectivity index (χ3n) is 2.29. The van der Waals surface area contributed by atoms with Crippen LogP contribution >= 0.6 is 22.9 Å². The van der Waals surface area contributed by atoms with Gasteiger partial charge in [-0.1, -0.05) is 0 Å². The van der Waals surface area contributed by atoms with Crippen molar-refractivity contribution in [2.45, 2.75) is 26.9 Å². The highest BCUT2D eigenvalue weighted by Crippen LogP contribution is 2.33. The molecule has 0 aliphatic carbocycles. The molecule has 1 aromatic rings. The Bertz CT molecular complexity index is 554. The van der Waals surface area contributed by atoms with Crippen LogP contribution in [0.25, 0.3) is 0 Å². The van der Waals surface area contributed by atoms with Crippen LogP contribution in [-0.4, -0.2) is 29.8 Å². The summed E-state index contributed by atoms with van der Waals surface area (Å²) < 4.78 is 5.10. The lowest BCUT2D eigenvalue weighted by Crippen LogP contribution is -2.17. The van der Waals surface area contributed by atoms with E-state index < -0.39 is 17.8 Å². The van der Waals surface area contributed by atoms with Gasteiger partial charge in [0.2, 0.25) is 5.91 Å². The summed E-state index contributed by atoms with van der Waals surface area (Å²) in [7, 11) is 0. The van der Waals surface area contributed by atoms with Crippen molar-refractivity contribution in [3.63, 3.8) is 0 Å². The standard InChI is InChI=1S/C12H15ClN2O4S/c1-5(2)19-12(18)8-6(3)9(10(14)17)20-11(8)15-7(16)4-13/h5H,4H2,1-3H3,(H2,14,17)(H,15,16). The lowest BCUT2D eigenvalue weighted by molar-refractivity contribution is -0.113. The number of rotatable bonds is 5. The monoisotopic (exact) mass is 318 g/mol. The molecular weight excluding hydrogens is 304 g/mol. The van der Waals surface area contributed by atoms with E-state index in [0.29, 0.717) is 5.56 Å². The fourth-order valence-electron chi connectivity index (χ4n) is 1.52. The molecule has 0 saturated carbocycles. The van der Waals surface area contributed by atoms with Gasteiger partial charge < -0.3 is 15.8 Å². The van der Waals surface area contributed by atoms with E-state index in [0.717, 1.165) is 11.3 Å². The lowest BCUT2D eigenvalue weighted by Gasteiger charge is -2.09. The predicted molar refractivity (Wildman–Crippen MR) is 77.5 cm³/mol. The Morgan fingerprint density at radius 1 is 1.40 bits per heavy atom. The van der Waals surface area contributed by atoms with Gasteiger partial charge in [-0.2, -0.15) is 0 Å². The highest BCUT2D eigenvalue weighted by Gasteiger charge is 2.26. The number of nitrogens with one attached hydrogen (secondary N) is 1. The first-order valence-corrected chi connectivity index (χ1v) is 7.13. The van der Waals surface area contributed by atoms with E-state index in [1.807, 2.05) is 0 Å². The van der Waals surface area contributed by atoms with Crippen molar-refractivity contribution in [3.05, 3.63) is 16.0 Å². The molecule has 20 heavy (non-hydrogen) atoms. The van der Waals surface area contributed by atoms with Crippen molar-refractivity contribution in [2.24, 2.45) is 5.73 Å². The second-order valence-corrected chi connectivity index (χ2v) is 5.55. The summed E-state index contributed by atoms with van der Waals surface area (Å²) in [4.78, 5) is 34.9. The minimum absolute atomic E-state index is 0.135. The van der Waals surface area contributed by atoms with Crippen LogP contribution in [0.5, 0.6) is 0 Å². The van der Waals surface area contributed by atoms with Crippen LogP contribution in [0.2, 0.25) is 0 Å². The number of esters is 1. The molecule has 2 amide bonds. The van der Waals surface area contributed by atoms with E-state index in [1.54, 1.807) is 20.8 Å². The van der Waals surface area contributed by atoms with Crippen molar-refractivity contribution in [1.29, 1.82) is 0 Å². The fourth-order valence-corrected chi connectivity index (χ4v) is 2.65. The molecule has 0 spiro atoms. The molecule has 0 atom stereocenters. The molecule has 0 fully saturated rings. The van der Waals surface area contributed by atoms with Gasteiger partial charge in [0.05, 0.1) is 16.5 Å². The third kappa shape index (κ3) is 3.71. The predicted octanol–water partition coefficient (Wildman–Crippen LogP) is 1.90. The van der Waals surface area contributed by atoms with Crippen LogP contribution in [0, 0.1) is 6.92 Å². The molecule has 1 aromatic heterocycles. The molecule has 8 heteroatoms. The number of nitrogens with two attached hydrogens (primary N) is 1. The maximum Gasteiger partial charge on any atom is 0.341 e. The second kappa shape index (κ2) is 6.71. The van der Waals surface area contributed by atoms with E-state index in [1.165, 1.54) is 0 Å². The average Bonchev–Trinajstić information content (AvgIpc) is 2.65. The summed E-state index contributed by atoms with van der Waals surface area (Å²) >= 11 is 6.34. The lowest BCUT2D eigenvalue weighted by atomic mass is 10.1. The van der Waals surface area contributed by atoms with Crippen LogP contribution in [0.3, 0.4) is 0 Å². The first-order valence-electron chi connectivity index (χ1n) is 5.77. The topological polar surface area (TPSA) is 98.5 Å². The number of alkyl halides is 1. The van der Waals surface area contributed by atoms with E-state index in [4.69, 9.17) is 22.1 Å². The fraction of sp³-hybridized carbons (Fsp3) is 0.417. The van der Waals surface area contributed by atoms with E-state index >= 15 is 0 Å². The third-order valence-corrected chi connectivity index (χ3v) is 3.76. The average molecular weight is 319 g/mol. The zero-order valence-electron chi connectivity index (χ0n) is 11.3. The quantitative estimate of drug-likeness (QED) is 0.639. The van der Waals surface area contributed by atoms with Gasteiger partial charge >= 0.3 is 5.97 Å². The van der Waals surface area contributed by atoms with Crippen molar-refractivity contribution in [2.75, 3.05) is 11.2 Å². The number of primary amides is 1. The number of carbonyl (C=O) groups is 3. The Morgan fingerprint density at radius 3 is 2.45 bits per heavy atom. The number of hydrogen-bond donors (Lipinski definition) is 2. The number of amides is 2. The normalized spacial score (nSPS) is 10.4. The van der Waals surface area contributed by atoms with Crippen LogP contribution in [-0.2, 0) is 9.53 Å². The number of anilines is 1. The molecule has 3 N–H and O–H groups in total. The SMILES string of the molecule is Cc1c(C(N)=O)sc(NC(=O)CCl)c1C(=O)OC(C)C. The maximum absolute atomic E-state index is 12.1. The minimum atomic E-state index is -0.669. The first-order chi connectivity index (χ1) is 9.27. The summed E-state index contributed by atoms with van der Waals surface area (Å²) in [5, 5.41) is 2.68. The largest absolute Gasteiger partial charge is 0.459 e. The Kier molecular flexibility index (Phi) is 5.52. The maximum atomic E-state index is 12.1. The van der Waals surface area contributed by atoms with E-state index in [9.17, 15) is 14.4 Å². The van der Waals surface area contributed by atoms with Gasteiger partial charge in [0.15, 0.2) is 0 Å². The molecule has 0 radical (unpaired) electrons. The molecule has 1 heterocycles. The molecule has 0 aromatic carbocycles. The van der Waals surface area contributed by atoms with Gasteiger partial charge in [0.1, 0.15) is 10.9 Å². The Labute approximate surface area is 125 Å². The zero-order valence-corrected chi connectivity index (χ0v) is 12.9. The molecule has 0 bridgehead atoms. The number of carbonyl (C=O) groups excluding carboxylic acids is 3. The smallest absolute Gasteiger partial charge is 0.341 e. The van der Waals surface area contributed by atoms with E-state index in [2.05, 4.69) is 5.32 Å². The molecule has 1 rings (SSSR count). The van der Waals surface area contributed by atoms with Crippen molar-refractivity contribution >= 4 is 45.7 Å². The summed E-state index contributed by atoms with van der Waals surface area (Å²) in [6, 6.07) is 0. The number of halogens is 1. The van der Waals surface area contributed by atoms with Gasteiger partial charge in [-0.25, -0.2) is 4.79 Å². The van der Waals surface area contributed by atoms with Crippen LogP contribution < -0.4 is 11.1 Å². The Balaban J connectivity index is 3.26. The molecular formula is C12H15ClN2O4S. The molecule has 0 unspecified atom stereocenters. The van der Waals surface area contributed by atoms with Crippen LogP contribution in [0.4, 0.5) is 5.00 Å². The Morgan fingerprint density at radius 2 is 2.00 bits per heavy atom. The molecule has 110 valence electrons. The Hall–Kier alpha value is -1.60. The van der Waals surface area contributed by atoms with Crippen LogP contribution in [0.15, 0.2) is 0 Å². The number of thiophene rings is 1. The van der Waals surface area contributed by atoms with Gasteiger partial charge in [0, 0.05) is 0 Å². The molecule has 0 aliphatic rings. The summed E-state index contributed by atoms with van der Waals surface area (Å²) in [6.07, 6.45) is -0.324. The minimum Gasteiger partial charge on any atom is -0.459 e. The van der Waals surface area contributed by atoms with Crippen LogP contribution in [0.1, 0.15) is 39.4 Å². The molecule has 0 aliphatic heterocycles. The van der Waals surface area contributed by atoms with Gasteiger partial charge in [-0.15, -0.1) is 22.9 Å². The zero-order chi connectivity index (χ0) is 15.4. The van der Waals surface area contributed by atoms with Gasteiger partial charge in [-0.05, 0) is 26.3 Å². The highest BCUT2D eigenvalue weighted by molar-refractivity contribution is 7.18. The van der Waals surface area contributed by atoms with Crippen molar-refractivity contribution in [3.8, 4) is 0 Å². The van der Waals surface area contributed by atoms with Gasteiger partial charge in [0.25, 0.3) is 5.91 Å². The molecule has 6 nitrogen and oxygen atoms in total. The molecule has 0 saturated heterocycles. The number of hydrogen-bond acceptors (Lipinski definition) is 5. The highest BCUT2D eigenvalue weighted by atomic mass is 35.5. The summed E-state index contributed by atoms with van der Waals surface area (Å²) in [5.41, 5.74) is 5.76. The van der Waals surface area contributed by atoms with Crippen molar-refractivity contribution in [1.82, 2.24) is 0 Å².